The summed E-state index contributed by atoms with van der Waals surface area (Å²) in [6.07, 6.45) is 1.75. The summed E-state index contributed by atoms with van der Waals surface area (Å²) < 4.78 is 0. The lowest BCUT2D eigenvalue weighted by molar-refractivity contribution is 0.104. The zero-order valence-corrected chi connectivity index (χ0v) is 15.1. The number of rotatable bonds is 2. The molecular formula is C22H25NO. The van der Waals surface area contributed by atoms with Gasteiger partial charge in [0.25, 0.3) is 0 Å². The third-order valence-electron chi connectivity index (χ3n) is 5.59. The standard InChI is InChI=1S/C22H25NO/c1-15-10-6-7-11-16(15)20(24)14-19-17-12-8-9-13-18(17)21(2,3)22(4,5)23-19/h6-14,23H,1-5H3/b19-14+. The third kappa shape index (κ3) is 2.56. The third-order valence-corrected chi connectivity index (χ3v) is 5.59. The summed E-state index contributed by atoms with van der Waals surface area (Å²) in [5, 5.41) is 3.60. The maximum absolute atomic E-state index is 12.8. The van der Waals surface area contributed by atoms with Gasteiger partial charge in [0, 0.05) is 33.9 Å². The zero-order chi connectivity index (χ0) is 17.5. The predicted molar refractivity (Wildman–Crippen MR) is 100 cm³/mol. The van der Waals surface area contributed by atoms with Gasteiger partial charge in [0.15, 0.2) is 5.78 Å². The van der Waals surface area contributed by atoms with Gasteiger partial charge in [-0.3, -0.25) is 4.79 Å². The minimum Gasteiger partial charge on any atom is -0.379 e. The molecule has 0 fully saturated rings. The van der Waals surface area contributed by atoms with E-state index in [1.54, 1.807) is 6.08 Å². The van der Waals surface area contributed by atoms with Gasteiger partial charge in [-0.15, -0.1) is 0 Å². The minimum absolute atomic E-state index is 0.0351. The highest BCUT2D eigenvalue weighted by Crippen LogP contribution is 2.43. The summed E-state index contributed by atoms with van der Waals surface area (Å²) >= 11 is 0. The van der Waals surface area contributed by atoms with Crippen molar-refractivity contribution in [2.75, 3.05) is 0 Å². The van der Waals surface area contributed by atoms with Crippen molar-refractivity contribution >= 4 is 11.5 Å². The lowest BCUT2D eigenvalue weighted by Gasteiger charge is -2.49. The molecule has 0 bridgehead atoms. The normalized spacial score (nSPS) is 19.5. The van der Waals surface area contributed by atoms with E-state index in [1.807, 2.05) is 37.3 Å². The first-order valence-corrected chi connectivity index (χ1v) is 8.44. The molecular weight excluding hydrogens is 294 g/mol. The Kier molecular flexibility index (Phi) is 3.87. The lowest BCUT2D eigenvalue weighted by Crippen LogP contribution is -2.56. The van der Waals surface area contributed by atoms with Crippen molar-refractivity contribution in [1.29, 1.82) is 0 Å². The van der Waals surface area contributed by atoms with Crippen LogP contribution >= 0.6 is 0 Å². The summed E-state index contributed by atoms with van der Waals surface area (Å²) in [6.45, 7) is 10.8. The number of ketones is 1. The van der Waals surface area contributed by atoms with E-state index in [2.05, 4.69) is 51.2 Å². The molecule has 24 heavy (non-hydrogen) atoms. The Labute approximate surface area is 144 Å². The first-order chi connectivity index (χ1) is 11.2. The molecule has 3 rings (SSSR count). The molecule has 1 aliphatic rings. The molecule has 0 spiro atoms. The molecule has 0 atom stereocenters. The van der Waals surface area contributed by atoms with E-state index in [4.69, 9.17) is 0 Å². The lowest BCUT2D eigenvalue weighted by atomic mass is 9.65. The van der Waals surface area contributed by atoms with Gasteiger partial charge in [-0.25, -0.2) is 0 Å². The molecule has 2 aromatic rings. The number of aryl methyl sites for hydroxylation is 1. The van der Waals surface area contributed by atoms with Crippen molar-refractivity contribution in [2.45, 2.75) is 45.6 Å². The zero-order valence-electron chi connectivity index (χ0n) is 15.1. The fraction of sp³-hybridized carbons (Fsp3) is 0.318. The van der Waals surface area contributed by atoms with E-state index in [0.717, 1.165) is 22.4 Å². The number of hydrogen-bond donors (Lipinski definition) is 1. The molecule has 0 aromatic heterocycles. The fourth-order valence-electron chi connectivity index (χ4n) is 3.33. The SMILES string of the molecule is Cc1ccccc1C(=O)/C=C1/NC(C)(C)C(C)(C)c2ccccc21. The van der Waals surface area contributed by atoms with Gasteiger partial charge in [0.2, 0.25) is 0 Å². The van der Waals surface area contributed by atoms with Crippen LogP contribution in [0.5, 0.6) is 0 Å². The van der Waals surface area contributed by atoms with Gasteiger partial charge in [0.1, 0.15) is 0 Å². The van der Waals surface area contributed by atoms with E-state index in [1.165, 1.54) is 5.56 Å². The van der Waals surface area contributed by atoms with Crippen molar-refractivity contribution in [3.05, 3.63) is 76.9 Å². The smallest absolute Gasteiger partial charge is 0.188 e. The van der Waals surface area contributed by atoms with Crippen molar-refractivity contribution in [3.8, 4) is 0 Å². The van der Waals surface area contributed by atoms with E-state index in [9.17, 15) is 4.79 Å². The van der Waals surface area contributed by atoms with E-state index in [-0.39, 0.29) is 16.7 Å². The van der Waals surface area contributed by atoms with Crippen LogP contribution in [0.25, 0.3) is 5.70 Å². The Morgan fingerprint density at radius 2 is 1.58 bits per heavy atom. The van der Waals surface area contributed by atoms with Crippen LogP contribution in [-0.2, 0) is 5.41 Å². The van der Waals surface area contributed by atoms with Crippen LogP contribution in [-0.4, -0.2) is 11.3 Å². The molecule has 1 heterocycles. The first kappa shape index (κ1) is 16.5. The number of hydrogen-bond acceptors (Lipinski definition) is 2. The summed E-state index contributed by atoms with van der Waals surface area (Å²) in [5.74, 6) is 0.0425. The van der Waals surface area contributed by atoms with Crippen molar-refractivity contribution in [3.63, 3.8) is 0 Å². The largest absolute Gasteiger partial charge is 0.379 e. The van der Waals surface area contributed by atoms with Gasteiger partial charge in [0.05, 0.1) is 0 Å². The van der Waals surface area contributed by atoms with Crippen molar-refractivity contribution < 1.29 is 4.79 Å². The van der Waals surface area contributed by atoms with E-state index in [0.29, 0.717) is 0 Å². The Balaban J connectivity index is 2.12. The molecule has 2 nitrogen and oxygen atoms in total. The van der Waals surface area contributed by atoms with Crippen LogP contribution < -0.4 is 5.32 Å². The summed E-state index contributed by atoms with van der Waals surface area (Å²) in [7, 11) is 0. The van der Waals surface area contributed by atoms with Gasteiger partial charge in [-0.2, -0.15) is 0 Å². The van der Waals surface area contributed by atoms with Crippen LogP contribution in [0.2, 0.25) is 0 Å². The predicted octanol–water partition coefficient (Wildman–Crippen LogP) is 4.88. The molecule has 2 heteroatoms. The number of fused-ring (bicyclic) bond motifs is 1. The summed E-state index contributed by atoms with van der Waals surface area (Å²) in [4.78, 5) is 12.8. The molecule has 0 unspecified atom stereocenters. The monoisotopic (exact) mass is 319 g/mol. The maximum Gasteiger partial charge on any atom is 0.188 e. The Bertz CT molecular complexity index is 827. The van der Waals surface area contributed by atoms with Gasteiger partial charge in [-0.1, -0.05) is 62.4 Å². The van der Waals surface area contributed by atoms with Crippen LogP contribution in [0, 0.1) is 6.92 Å². The number of carbonyl (C=O) groups excluding carboxylic acids is 1. The second-order valence-corrected chi connectivity index (χ2v) is 7.66. The molecule has 0 saturated carbocycles. The number of allylic oxidation sites excluding steroid dienone is 1. The number of nitrogens with one attached hydrogen (secondary N) is 1. The molecule has 0 saturated heterocycles. The van der Waals surface area contributed by atoms with Gasteiger partial charge in [-0.05, 0) is 31.9 Å². The fourth-order valence-corrected chi connectivity index (χ4v) is 3.33. The molecule has 0 radical (unpaired) electrons. The molecule has 1 aliphatic heterocycles. The Hall–Kier alpha value is -2.35. The van der Waals surface area contributed by atoms with Crippen molar-refractivity contribution in [1.82, 2.24) is 5.32 Å². The molecule has 124 valence electrons. The highest BCUT2D eigenvalue weighted by molar-refractivity contribution is 6.09. The van der Waals surface area contributed by atoms with Crippen LogP contribution in [0.1, 0.15) is 54.7 Å². The van der Waals surface area contributed by atoms with Crippen LogP contribution in [0.4, 0.5) is 0 Å². The average molecular weight is 319 g/mol. The van der Waals surface area contributed by atoms with E-state index >= 15 is 0 Å². The summed E-state index contributed by atoms with van der Waals surface area (Å²) in [5.41, 5.74) is 4.87. The molecule has 0 amide bonds. The highest BCUT2D eigenvalue weighted by atomic mass is 16.1. The second-order valence-electron chi connectivity index (χ2n) is 7.66. The Morgan fingerprint density at radius 3 is 2.29 bits per heavy atom. The van der Waals surface area contributed by atoms with E-state index < -0.39 is 0 Å². The quantitative estimate of drug-likeness (QED) is 0.631. The molecule has 2 aromatic carbocycles. The second kappa shape index (κ2) is 5.62. The highest BCUT2D eigenvalue weighted by Gasteiger charge is 2.44. The van der Waals surface area contributed by atoms with Crippen molar-refractivity contribution in [2.24, 2.45) is 0 Å². The van der Waals surface area contributed by atoms with Crippen LogP contribution in [0.3, 0.4) is 0 Å². The molecule has 1 N–H and O–H groups in total. The average Bonchev–Trinajstić information content (AvgIpc) is 2.53. The maximum atomic E-state index is 12.8. The minimum atomic E-state index is -0.154. The topological polar surface area (TPSA) is 29.1 Å². The van der Waals surface area contributed by atoms with Crippen LogP contribution in [0.15, 0.2) is 54.6 Å². The Morgan fingerprint density at radius 1 is 0.958 bits per heavy atom. The van der Waals surface area contributed by atoms with Gasteiger partial charge >= 0.3 is 0 Å². The number of carbonyl (C=O) groups is 1. The first-order valence-electron chi connectivity index (χ1n) is 8.44. The van der Waals surface area contributed by atoms with Gasteiger partial charge < -0.3 is 5.32 Å². The summed E-state index contributed by atoms with van der Waals surface area (Å²) in [6, 6.07) is 16.1. The molecule has 0 aliphatic carbocycles. The number of benzene rings is 2.